The van der Waals surface area contributed by atoms with E-state index in [0.717, 1.165) is 24.5 Å². The van der Waals surface area contributed by atoms with E-state index >= 15 is 0 Å². The van der Waals surface area contributed by atoms with Crippen LogP contribution < -0.4 is 5.32 Å². The van der Waals surface area contributed by atoms with Gasteiger partial charge < -0.3 is 10.3 Å². The van der Waals surface area contributed by atoms with Crippen LogP contribution in [0.2, 0.25) is 0 Å². The van der Waals surface area contributed by atoms with Gasteiger partial charge in [0, 0.05) is 17.5 Å². The van der Waals surface area contributed by atoms with Crippen LogP contribution in [0.15, 0.2) is 65.6 Å². The zero-order chi connectivity index (χ0) is 21.5. The summed E-state index contributed by atoms with van der Waals surface area (Å²) in [4.78, 5) is 19.7. The summed E-state index contributed by atoms with van der Waals surface area (Å²) in [7, 11) is -3.58. The van der Waals surface area contributed by atoms with Crippen LogP contribution in [0.4, 0.5) is 14.5 Å². The van der Waals surface area contributed by atoms with Crippen LogP contribution in [-0.2, 0) is 9.84 Å². The van der Waals surface area contributed by atoms with Gasteiger partial charge in [0.2, 0.25) is 0 Å². The average Bonchev–Trinajstić information content (AvgIpc) is 3.11. The molecule has 0 fully saturated rings. The Balaban J connectivity index is 1.57. The van der Waals surface area contributed by atoms with Crippen LogP contribution in [0.3, 0.4) is 0 Å². The summed E-state index contributed by atoms with van der Waals surface area (Å²) < 4.78 is 50.7. The minimum Gasteiger partial charge on any atom is -0.338 e. The molecule has 4 rings (SSSR count). The molecule has 152 valence electrons. The van der Waals surface area contributed by atoms with Crippen LogP contribution in [0.1, 0.15) is 10.4 Å². The number of hydrogen-bond donors (Lipinski definition) is 2. The molecule has 0 unspecified atom stereocenters. The van der Waals surface area contributed by atoms with Crippen molar-refractivity contribution in [2.24, 2.45) is 0 Å². The molecule has 30 heavy (non-hydrogen) atoms. The molecule has 6 nitrogen and oxygen atoms in total. The third-order valence-electron chi connectivity index (χ3n) is 4.47. The molecule has 9 heteroatoms. The third kappa shape index (κ3) is 3.92. The molecule has 0 radical (unpaired) electrons. The van der Waals surface area contributed by atoms with Gasteiger partial charge in [-0.15, -0.1) is 0 Å². The summed E-state index contributed by atoms with van der Waals surface area (Å²) in [6, 6.07) is 13.9. The number of aromatic amines is 1. The molecule has 0 spiro atoms. The number of nitrogens with zero attached hydrogens (tertiary/aromatic N) is 1. The van der Waals surface area contributed by atoms with E-state index in [4.69, 9.17) is 0 Å². The Hall–Kier alpha value is -3.59. The number of rotatable bonds is 4. The first-order valence-corrected chi connectivity index (χ1v) is 10.7. The number of fused-ring (bicyclic) bond motifs is 1. The van der Waals surface area contributed by atoms with Gasteiger partial charge in [-0.05, 0) is 60.7 Å². The lowest BCUT2D eigenvalue weighted by Gasteiger charge is -2.08. The van der Waals surface area contributed by atoms with Crippen molar-refractivity contribution in [1.82, 2.24) is 9.97 Å². The second-order valence-electron chi connectivity index (χ2n) is 6.69. The van der Waals surface area contributed by atoms with Gasteiger partial charge in [0.05, 0.1) is 21.5 Å². The SMILES string of the molecule is CS(=O)(=O)c1ccc(F)c(C(=O)Nc2ccc(-c3nc4ccc(F)cc4[nH]3)cc2)c1. The normalized spacial score (nSPS) is 11.6. The van der Waals surface area contributed by atoms with Crippen molar-refractivity contribution in [2.75, 3.05) is 11.6 Å². The summed E-state index contributed by atoms with van der Waals surface area (Å²) in [6.07, 6.45) is 0.979. The van der Waals surface area contributed by atoms with Gasteiger partial charge in [-0.1, -0.05) is 0 Å². The molecule has 0 aliphatic rings. The fourth-order valence-corrected chi connectivity index (χ4v) is 3.58. The highest BCUT2D eigenvalue weighted by atomic mass is 32.2. The van der Waals surface area contributed by atoms with Gasteiger partial charge in [-0.3, -0.25) is 4.79 Å². The van der Waals surface area contributed by atoms with Crippen molar-refractivity contribution in [3.8, 4) is 11.4 Å². The quantitative estimate of drug-likeness (QED) is 0.479. The van der Waals surface area contributed by atoms with Crippen molar-refractivity contribution in [3.05, 3.63) is 77.9 Å². The molecule has 0 aliphatic carbocycles. The lowest BCUT2D eigenvalue weighted by atomic mass is 10.1. The van der Waals surface area contributed by atoms with Crippen LogP contribution in [-0.4, -0.2) is 30.5 Å². The third-order valence-corrected chi connectivity index (χ3v) is 5.58. The maximum Gasteiger partial charge on any atom is 0.258 e. The van der Waals surface area contributed by atoms with E-state index in [0.29, 0.717) is 28.1 Å². The molecular formula is C21H15F2N3O3S. The Labute approximate surface area is 170 Å². The molecule has 2 N–H and O–H groups in total. The number of carbonyl (C=O) groups is 1. The molecule has 3 aromatic carbocycles. The number of hydrogen-bond acceptors (Lipinski definition) is 4. The summed E-state index contributed by atoms with van der Waals surface area (Å²) in [6.45, 7) is 0. The summed E-state index contributed by atoms with van der Waals surface area (Å²) in [5.74, 6) is -1.45. The monoisotopic (exact) mass is 427 g/mol. The molecule has 0 bridgehead atoms. The van der Waals surface area contributed by atoms with E-state index in [-0.39, 0.29) is 16.3 Å². The topological polar surface area (TPSA) is 91.9 Å². The first-order valence-electron chi connectivity index (χ1n) is 8.77. The molecular weight excluding hydrogens is 412 g/mol. The average molecular weight is 427 g/mol. The fraction of sp³-hybridized carbons (Fsp3) is 0.0476. The largest absolute Gasteiger partial charge is 0.338 e. The predicted octanol–water partition coefficient (Wildman–Crippen LogP) is 4.16. The summed E-state index contributed by atoms with van der Waals surface area (Å²) in [5.41, 5.74) is 1.89. The number of aromatic nitrogens is 2. The number of sulfone groups is 1. The van der Waals surface area contributed by atoms with E-state index in [1.165, 1.54) is 12.1 Å². The molecule has 0 aliphatic heterocycles. The van der Waals surface area contributed by atoms with Gasteiger partial charge in [0.25, 0.3) is 5.91 Å². The minimum absolute atomic E-state index is 0.147. The van der Waals surface area contributed by atoms with E-state index in [2.05, 4.69) is 15.3 Å². The van der Waals surface area contributed by atoms with Crippen molar-refractivity contribution in [3.63, 3.8) is 0 Å². The number of halogens is 2. The maximum absolute atomic E-state index is 14.0. The highest BCUT2D eigenvalue weighted by Gasteiger charge is 2.17. The number of nitrogens with one attached hydrogen (secondary N) is 2. The lowest BCUT2D eigenvalue weighted by Crippen LogP contribution is -2.14. The van der Waals surface area contributed by atoms with Gasteiger partial charge in [0.15, 0.2) is 9.84 Å². The number of anilines is 1. The predicted molar refractivity (Wildman–Crippen MR) is 109 cm³/mol. The van der Waals surface area contributed by atoms with Crippen molar-refractivity contribution >= 4 is 32.5 Å². The number of amides is 1. The number of H-pyrrole nitrogens is 1. The van der Waals surface area contributed by atoms with Gasteiger partial charge >= 0.3 is 0 Å². The van der Waals surface area contributed by atoms with Crippen molar-refractivity contribution < 1.29 is 22.0 Å². The van der Waals surface area contributed by atoms with Crippen molar-refractivity contribution in [2.45, 2.75) is 4.90 Å². The standard InChI is InChI=1S/C21H15F2N3O3S/c1-30(28,29)15-7-8-17(23)16(11-15)21(27)24-14-5-2-12(3-6-14)20-25-18-9-4-13(22)10-19(18)26-20/h2-11H,1H3,(H,24,27)(H,25,26). The Kier molecular flexibility index (Phi) is 4.83. The van der Waals surface area contributed by atoms with Crippen LogP contribution in [0, 0.1) is 11.6 Å². The molecule has 4 aromatic rings. The van der Waals surface area contributed by atoms with E-state index in [1.54, 1.807) is 30.3 Å². The van der Waals surface area contributed by atoms with E-state index in [1.807, 2.05) is 0 Å². The Morgan fingerprint density at radius 1 is 1.00 bits per heavy atom. The zero-order valence-corrected chi connectivity index (χ0v) is 16.4. The van der Waals surface area contributed by atoms with E-state index < -0.39 is 21.6 Å². The Morgan fingerprint density at radius 2 is 1.73 bits per heavy atom. The lowest BCUT2D eigenvalue weighted by molar-refractivity contribution is 0.102. The van der Waals surface area contributed by atoms with Crippen LogP contribution in [0.5, 0.6) is 0 Å². The van der Waals surface area contributed by atoms with Crippen LogP contribution in [0.25, 0.3) is 22.4 Å². The highest BCUT2D eigenvalue weighted by molar-refractivity contribution is 7.90. The number of carbonyl (C=O) groups excluding carboxylic acids is 1. The second kappa shape index (κ2) is 7.34. The molecule has 1 heterocycles. The highest BCUT2D eigenvalue weighted by Crippen LogP contribution is 2.23. The Bertz CT molecular complexity index is 1380. The van der Waals surface area contributed by atoms with Gasteiger partial charge in [-0.2, -0.15) is 0 Å². The second-order valence-corrected chi connectivity index (χ2v) is 8.71. The van der Waals surface area contributed by atoms with E-state index in [9.17, 15) is 22.0 Å². The smallest absolute Gasteiger partial charge is 0.258 e. The molecule has 1 amide bonds. The first kappa shape index (κ1) is 19.7. The minimum atomic E-state index is -3.58. The maximum atomic E-state index is 14.0. The number of benzene rings is 3. The molecule has 1 aromatic heterocycles. The number of imidazole rings is 1. The fourth-order valence-electron chi connectivity index (χ4n) is 2.94. The van der Waals surface area contributed by atoms with Gasteiger partial charge in [0.1, 0.15) is 17.5 Å². The zero-order valence-electron chi connectivity index (χ0n) is 15.6. The van der Waals surface area contributed by atoms with Gasteiger partial charge in [-0.25, -0.2) is 22.2 Å². The summed E-state index contributed by atoms with van der Waals surface area (Å²) in [5, 5.41) is 2.54. The first-order chi connectivity index (χ1) is 14.2. The molecule has 0 saturated heterocycles. The molecule has 0 atom stereocenters. The molecule has 0 saturated carbocycles. The van der Waals surface area contributed by atoms with Crippen LogP contribution >= 0.6 is 0 Å². The summed E-state index contributed by atoms with van der Waals surface area (Å²) >= 11 is 0. The van der Waals surface area contributed by atoms with Crippen molar-refractivity contribution in [1.29, 1.82) is 0 Å². The Morgan fingerprint density at radius 3 is 2.43 bits per heavy atom.